The van der Waals surface area contributed by atoms with E-state index in [2.05, 4.69) is 5.32 Å². The number of hydrogen-bond acceptors (Lipinski definition) is 1. The molecule has 0 aliphatic carbocycles. The molecular weight excluding hydrogens is 210 g/mol. The van der Waals surface area contributed by atoms with Gasteiger partial charge in [0.2, 0.25) is 5.91 Å². The van der Waals surface area contributed by atoms with Crippen LogP contribution < -0.4 is 5.32 Å². The fraction of sp³-hybridized carbons (Fsp3) is 0.417. The quantitative estimate of drug-likeness (QED) is 0.836. The van der Waals surface area contributed by atoms with Gasteiger partial charge in [0.1, 0.15) is 0 Å². The number of carbonyl (C=O) groups excluding carboxylic acids is 1. The molecule has 0 aliphatic heterocycles. The molecule has 2 nitrogen and oxygen atoms in total. The molecule has 0 saturated carbocycles. The Morgan fingerprint density at radius 3 is 2.80 bits per heavy atom. The van der Waals surface area contributed by atoms with E-state index in [1.54, 1.807) is 6.07 Å². The average Bonchev–Trinajstić information content (AvgIpc) is 2.22. The second-order valence-corrected chi connectivity index (χ2v) is 4.19. The Labute approximate surface area is 95.6 Å². The molecule has 1 rings (SSSR count). The molecule has 0 saturated heterocycles. The Balaban J connectivity index is 2.80. The molecule has 0 aliphatic rings. The van der Waals surface area contributed by atoms with Crippen LogP contribution in [0.1, 0.15) is 25.8 Å². The maximum absolute atomic E-state index is 11.7. The molecule has 0 bridgehead atoms. The molecule has 0 radical (unpaired) electrons. The third kappa shape index (κ3) is 3.24. The Kier molecular flexibility index (Phi) is 4.15. The number of benzene rings is 1. The first-order valence-electron chi connectivity index (χ1n) is 5.11. The number of nitrogens with one attached hydrogen (secondary N) is 1. The summed E-state index contributed by atoms with van der Waals surface area (Å²) in [5.74, 6) is 0.0752. The first-order chi connectivity index (χ1) is 7.04. The lowest BCUT2D eigenvalue weighted by Crippen LogP contribution is -2.20. The van der Waals surface area contributed by atoms with E-state index in [1.807, 2.05) is 32.9 Å². The van der Waals surface area contributed by atoms with Gasteiger partial charge in [-0.25, -0.2) is 0 Å². The van der Waals surface area contributed by atoms with Crippen LogP contribution in [0.15, 0.2) is 18.2 Å². The van der Waals surface area contributed by atoms with Crippen LogP contribution >= 0.6 is 11.6 Å². The number of halogens is 1. The second kappa shape index (κ2) is 5.17. The van der Waals surface area contributed by atoms with Crippen molar-refractivity contribution >= 4 is 23.2 Å². The topological polar surface area (TPSA) is 29.1 Å². The number of hydrogen-bond donors (Lipinski definition) is 1. The van der Waals surface area contributed by atoms with E-state index in [1.165, 1.54) is 0 Å². The summed E-state index contributed by atoms with van der Waals surface area (Å²) in [7, 11) is 0. The van der Waals surface area contributed by atoms with Crippen molar-refractivity contribution in [1.29, 1.82) is 0 Å². The predicted molar refractivity (Wildman–Crippen MR) is 64.3 cm³/mol. The van der Waals surface area contributed by atoms with Crippen LogP contribution in [-0.2, 0) is 4.79 Å². The van der Waals surface area contributed by atoms with Crippen LogP contribution in [0.5, 0.6) is 0 Å². The Bertz CT molecular complexity index is 363. The number of carbonyl (C=O) groups is 1. The first kappa shape index (κ1) is 12.1. The van der Waals surface area contributed by atoms with E-state index in [9.17, 15) is 4.79 Å². The molecule has 1 aromatic carbocycles. The predicted octanol–water partition coefficient (Wildman–Crippen LogP) is 3.63. The van der Waals surface area contributed by atoms with Crippen molar-refractivity contribution in [2.45, 2.75) is 27.2 Å². The lowest BCUT2D eigenvalue weighted by molar-refractivity contribution is -0.119. The van der Waals surface area contributed by atoms with Gasteiger partial charge in [0.15, 0.2) is 0 Å². The Hall–Kier alpha value is -1.02. The number of rotatable bonds is 3. The van der Waals surface area contributed by atoms with Crippen LogP contribution in [0, 0.1) is 12.8 Å². The molecule has 3 heteroatoms. The SMILES string of the molecule is CC[C@@H](C)C(=O)Nc1cc(Cl)ccc1C. The van der Waals surface area contributed by atoms with Crippen molar-refractivity contribution in [1.82, 2.24) is 0 Å². The highest BCUT2D eigenvalue weighted by molar-refractivity contribution is 6.31. The monoisotopic (exact) mass is 225 g/mol. The summed E-state index contributed by atoms with van der Waals surface area (Å²) < 4.78 is 0. The van der Waals surface area contributed by atoms with Gasteiger partial charge in [-0.15, -0.1) is 0 Å². The summed E-state index contributed by atoms with van der Waals surface area (Å²) in [6.45, 7) is 5.85. The van der Waals surface area contributed by atoms with Crippen LogP contribution in [0.2, 0.25) is 5.02 Å². The fourth-order valence-electron chi connectivity index (χ4n) is 1.17. The van der Waals surface area contributed by atoms with Crippen molar-refractivity contribution in [3.05, 3.63) is 28.8 Å². The number of amides is 1. The van der Waals surface area contributed by atoms with Crippen LogP contribution in [0.4, 0.5) is 5.69 Å². The molecule has 0 spiro atoms. The number of anilines is 1. The van der Waals surface area contributed by atoms with E-state index in [0.29, 0.717) is 5.02 Å². The highest BCUT2D eigenvalue weighted by Gasteiger charge is 2.11. The maximum atomic E-state index is 11.7. The summed E-state index contributed by atoms with van der Waals surface area (Å²) >= 11 is 5.86. The summed E-state index contributed by atoms with van der Waals surface area (Å²) in [4.78, 5) is 11.7. The van der Waals surface area contributed by atoms with Crippen molar-refractivity contribution in [2.75, 3.05) is 5.32 Å². The standard InChI is InChI=1S/C12H16ClNO/c1-4-8(2)12(15)14-11-7-10(13)6-5-9(11)3/h5-8H,4H2,1-3H3,(H,14,15)/t8-/m1/s1. The molecule has 0 unspecified atom stereocenters. The van der Waals surface area contributed by atoms with Gasteiger partial charge in [-0.1, -0.05) is 31.5 Å². The molecule has 1 atom stereocenters. The van der Waals surface area contributed by atoms with Crippen molar-refractivity contribution < 1.29 is 4.79 Å². The lowest BCUT2D eigenvalue weighted by atomic mass is 10.1. The molecule has 15 heavy (non-hydrogen) atoms. The molecule has 0 aromatic heterocycles. The zero-order chi connectivity index (χ0) is 11.4. The molecule has 1 amide bonds. The summed E-state index contributed by atoms with van der Waals surface area (Å²) in [6.07, 6.45) is 0.839. The Morgan fingerprint density at radius 2 is 2.20 bits per heavy atom. The van der Waals surface area contributed by atoms with E-state index >= 15 is 0 Å². The van der Waals surface area contributed by atoms with Crippen LogP contribution in [0.3, 0.4) is 0 Å². The van der Waals surface area contributed by atoms with Gasteiger partial charge in [-0.3, -0.25) is 4.79 Å². The highest BCUT2D eigenvalue weighted by atomic mass is 35.5. The highest BCUT2D eigenvalue weighted by Crippen LogP contribution is 2.20. The molecule has 82 valence electrons. The minimum absolute atomic E-state index is 0.0309. The minimum atomic E-state index is 0.0309. The van der Waals surface area contributed by atoms with E-state index in [-0.39, 0.29) is 11.8 Å². The third-order valence-electron chi connectivity index (χ3n) is 2.52. The van der Waals surface area contributed by atoms with Gasteiger partial charge in [-0.05, 0) is 31.0 Å². The van der Waals surface area contributed by atoms with Gasteiger partial charge in [0.25, 0.3) is 0 Å². The third-order valence-corrected chi connectivity index (χ3v) is 2.75. The largest absolute Gasteiger partial charge is 0.326 e. The lowest BCUT2D eigenvalue weighted by Gasteiger charge is -2.12. The van der Waals surface area contributed by atoms with Gasteiger partial charge in [0.05, 0.1) is 0 Å². The molecule has 0 fully saturated rings. The summed E-state index contributed by atoms with van der Waals surface area (Å²) in [5.41, 5.74) is 1.82. The van der Waals surface area contributed by atoms with Gasteiger partial charge >= 0.3 is 0 Å². The smallest absolute Gasteiger partial charge is 0.227 e. The molecule has 0 heterocycles. The molecular formula is C12H16ClNO. The maximum Gasteiger partial charge on any atom is 0.227 e. The first-order valence-corrected chi connectivity index (χ1v) is 5.49. The number of aryl methyl sites for hydroxylation is 1. The van der Waals surface area contributed by atoms with E-state index < -0.39 is 0 Å². The van der Waals surface area contributed by atoms with Gasteiger partial charge in [-0.2, -0.15) is 0 Å². The Morgan fingerprint density at radius 1 is 1.53 bits per heavy atom. The van der Waals surface area contributed by atoms with Crippen molar-refractivity contribution in [3.63, 3.8) is 0 Å². The zero-order valence-electron chi connectivity index (χ0n) is 9.30. The van der Waals surface area contributed by atoms with E-state index in [4.69, 9.17) is 11.6 Å². The van der Waals surface area contributed by atoms with Crippen molar-refractivity contribution in [3.8, 4) is 0 Å². The average molecular weight is 226 g/mol. The summed E-state index contributed by atoms with van der Waals surface area (Å²) in [6, 6.07) is 5.49. The normalized spacial score (nSPS) is 12.3. The van der Waals surface area contributed by atoms with Crippen LogP contribution in [-0.4, -0.2) is 5.91 Å². The molecule has 1 aromatic rings. The van der Waals surface area contributed by atoms with E-state index in [0.717, 1.165) is 17.7 Å². The van der Waals surface area contributed by atoms with Crippen molar-refractivity contribution in [2.24, 2.45) is 5.92 Å². The van der Waals surface area contributed by atoms with Gasteiger partial charge in [0, 0.05) is 16.6 Å². The fourth-order valence-corrected chi connectivity index (χ4v) is 1.34. The molecule has 1 N–H and O–H groups in total. The summed E-state index contributed by atoms with van der Waals surface area (Å²) in [5, 5.41) is 3.52. The van der Waals surface area contributed by atoms with Gasteiger partial charge < -0.3 is 5.32 Å². The van der Waals surface area contributed by atoms with Crippen LogP contribution in [0.25, 0.3) is 0 Å². The zero-order valence-corrected chi connectivity index (χ0v) is 10.1. The minimum Gasteiger partial charge on any atom is -0.326 e. The second-order valence-electron chi connectivity index (χ2n) is 3.76.